The molecule has 0 rings (SSSR count). The summed E-state index contributed by atoms with van der Waals surface area (Å²) in [5, 5.41) is 9.40. The van der Waals surface area contributed by atoms with Gasteiger partial charge in [-0.05, 0) is 27.7 Å². The Kier molecular flexibility index (Phi) is 3.73. The lowest BCUT2D eigenvalue weighted by Crippen LogP contribution is -2.35. The van der Waals surface area contributed by atoms with E-state index in [1.165, 1.54) is 0 Å². The van der Waals surface area contributed by atoms with E-state index in [0.29, 0.717) is 6.61 Å². The van der Waals surface area contributed by atoms with Crippen molar-refractivity contribution in [3.63, 3.8) is 0 Å². The van der Waals surface area contributed by atoms with E-state index in [1.54, 1.807) is 6.92 Å². The second-order valence-corrected chi connectivity index (χ2v) is 5.07. The summed E-state index contributed by atoms with van der Waals surface area (Å²) < 4.78 is 5.60. The predicted molar refractivity (Wildman–Crippen MR) is 51.2 cm³/mol. The van der Waals surface area contributed by atoms with E-state index in [0.717, 1.165) is 0 Å². The van der Waals surface area contributed by atoms with Crippen molar-refractivity contribution in [2.45, 2.75) is 53.2 Å². The molecular weight excluding hydrogens is 152 g/mol. The molecule has 0 saturated carbocycles. The first kappa shape index (κ1) is 11.9. The van der Waals surface area contributed by atoms with Crippen LogP contribution in [0.25, 0.3) is 0 Å². The third kappa shape index (κ3) is 4.73. The van der Waals surface area contributed by atoms with Gasteiger partial charge >= 0.3 is 0 Å². The Bertz CT molecular complexity index is 131. The van der Waals surface area contributed by atoms with Crippen LogP contribution < -0.4 is 0 Å². The quantitative estimate of drug-likeness (QED) is 0.711. The molecule has 0 saturated heterocycles. The molecule has 0 aromatic carbocycles. The first-order chi connectivity index (χ1) is 5.15. The third-order valence-corrected chi connectivity index (χ3v) is 2.01. The average molecular weight is 174 g/mol. The monoisotopic (exact) mass is 174 g/mol. The fourth-order valence-corrected chi connectivity index (χ4v) is 0.523. The van der Waals surface area contributed by atoms with Crippen molar-refractivity contribution in [2.75, 3.05) is 6.61 Å². The van der Waals surface area contributed by atoms with Crippen LogP contribution in [0.1, 0.15) is 41.5 Å². The zero-order valence-electron chi connectivity index (χ0n) is 9.14. The van der Waals surface area contributed by atoms with Gasteiger partial charge in [-0.3, -0.25) is 0 Å². The van der Waals surface area contributed by atoms with Gasteiger partial charge in [-0.15, -0.1) is 0 Å². The Labute approximate surface area is 75.9 Å². The Balaban J connectivity index is 3.93. The molecule has 1 unspecified atom stereocenters. The minimum atomic E-state index is -0.333. The number of ether oxygens (including phenoxy) is 1. The Morgan fingerprint density at radius 2 is 1.58 bits per heavy atom. The molecule has 0 bridgehead atoms. The van der Waals surface area contributed by atoms with Gasteiger partial charge in [0.15, 0.2) is 0 Å². The molecule has 12 heavy (non-hydrogen) atoms. The molecule has 2 heteroatoms. The van der Waals surface area contributed by atoms with E-state index < -0.39 is 0 Å². The Hall–Kier alpha value is -0.0800. The molecule has 0 aliphatic heterocycles. The van der Waals surface area contributed by atoms with Gasteiger partial charge in [0.05, 0.1) is 18.3 Å². The fraction of sp³-hybridized carbons (Fsp3) is 1.00. The number of hydrogen-bond donors (Lipinski definition) is 1. The molecule has 0 aliphatic rings. The van der Waals surface area contributed by atoms with Crippen molar-refractivity contribution in [2.24, 2.45) is 5.41 Å². The molecule has 0 radical (unpaired) electrons. The second-order valence-electron chi connectivity index (χ2n) is 5.07. The highest BCUT2D eigenvalue weighted by atomic mass is 16.5. The van der Waals surface area contributed by atoms with Crippen molar-refractivity contribution >= 4 is 0 Å². The minimum absolute atomic E-state index is 0.119. The lowest BCUT2D eigenvalue weighted by atomic mass is 9.88. The van der Waals surface area contributed by atoms with Crippen LogP contribution in [0.4, 0.5) is 0 Å². The zero-order valence-corrected chi connectivity index (χ0v) is 9.14. The van der Waals surface area contributed by atoms with E-state index in [1.807, 2.05) is 34.6 Å². The lowest BCUT2D eigenvalue weighted by molar-refractivity contribution is -0.0761. The standard InChI is InChI=1S/C10H22O2/c1-8(11)10(5,6)7-12-9(2,3)4/h8,11H,7H2,1-6H3. The summed E-state index contributed by atoms with van der Waals surface area (Å²) in [4.78, 5) is 0. The predicted octanol–water partition coefficient (Wildman–Crippen LogP) is 2.21. The summed E-state index contributed by atoms with van der Waals surface area (Å²) in [7, 11) is 0. The molecule has 1 atom stereocenters. The molecule has 0 fully saturated rings. The largest absolute Gasteiger partial charge is 0.393 e. The fourth-order valence-electron chi connectivity index (χ4n) is 0.523. The van der Waals surface area contributed by atoms with E-state index in [-0.39, 0.29) is 17.1 Å². The van der Waals surface area contributed by atoms with Crippen LogP contribution in [0.5, 0.6) is 0 Å². The summed E-state index contributed by atoms with van der Waals surface area (Å²) in [5.74, 6) is 0. The normalized spacial score (nSPS) is 16.2. The van der Waals surface area contributed by atoms with Gasteiger partial charge in [0.2, 0.25) is 0 Å². The maximum Gasteiger partial charge on any atom is 0.0598 e. The molecule has 2 nitrogen and oxygen atoms in total. The molecule has 0 spiro atoms. The molecule has 0 aromatic heterocycles. The van der Waals surface area contributed by atoms with Crippen LogP contribution in [0.3, 0.4) is 0 Å². The molecule has 0 aromatic rings. The third-order valence-electron chi connectivity index (χ3n) is 2.01. The van der Waals surface area contributed by atoms with Gasteiger partial charge in [-0.1, -0.05) is 13.8 Å². The van der Waals surface area contributed by atoms with Gasteiger partial charge in [-0.25, -0.2) is 0 Å². The summed E-state index contributed by atoms with van der Waals surface area (Å²) in [5.41, 5.74) is -0.278. The smallest absolute Gasteiger partial charge is 0.0598 e. The van der Waals surface area contributed by atoms with Gasteiger partial charge in [0.25, 0.3) is 0 Å². The molecule has 1 N–H and O–H groups in total. The van der Waals surface area contributed by atoms with E-state index in [9.17, 15) is 5.11 Å². The minimum Gasteiger partial charge on any atom is -0.393 e. The van der Waals surface area contributed by atoms with E-state index in [2.05, 4.69) is 0 Å². The highest BCUT2D eigenvalue weighted by Crippen LogP contribution is 2.23. The Morgan fingerprint density at radius 1 is 1.17 bits per heavy atom. The highest BCUT2D eigenvalue weighted by molar-refractivity contribution is 4.75. The maximum atomic E-state index is 9.40. The van der Waals surface area contributed by atoms with Crippen LogP contribution >= 0.6 is 0 Å². The lowest BCUT2D eigenvalue weighted by Gasteiger charge is -2.31. The first-order valence-corrected chi connectivity index (χ1v) is 4.47. The summed E-state index contributed by atoms with van der Waals surface area (Å²) in [6, 6.07) is 0. The van der Waals surface area contributed by atoms with Crippen LogP contribution in [-0.2, 0) is 4.74 Å². The van der Waals surface area contributed by atoms with Crippen molar-refractivity contribution in [1.29, 1.82) is 0 Å². The SMILES string of the molecule is CC(O)C(C)(C)COC(C)(C)C. The van der Waals surface area contributed by atoms with Gasteiger partial charge in [0.1, 0.15) is 0 Å². The summed E-state index contributed by atoms with van der Waals surface area (Å²) in [6.45, 7) is 12.5. The highest BCUT2D eigenvalue weighted by Gasteiger charge is 2.26. The van der Waals surface area contributed by atoms with Crippen molar-refractivity contribution in [3.8, 4) is 0 Å². The van der Waals surface area contributed by atoms with Gasteiger partial charge in [-0.2, -0.15) is 0 Å². The van der Waals surface area contributed by atoms with Gasteiger partial charge < -0.3 is 9.84 Å². The molecule has 0 aliphatic carbocycles. The van der Waals surface area contributed by atoms with Crippen LogP contribution in [0, 0.1) is 5.41 Å². The molecule has 0 heterocycles. The first-order valence-electron chi connectivity index (χ1n) is 4.47. The molecule has 74 valence electrons. The van der Waals surface area contributed by atoms with Gasteiger partial charge in [0, 0.05) is 5.41 Å². The van der Waals surface area contributed by atoms with E-state index >= 15 is 0 Å². The van der Waals surface area contributed by atoms with Crippen molar-refractivity contribution < 1.29 is 9.84 Å². The molecular formula is C10H22O2. The van der Waals surface area contributed by atoms with Crippen molar-refractivity contribution in [3.05, 3.63) is 0 Å². The molecule has 0 amide bonds. The van der Waals surface area contributed by atoms with E-state index in [4.69, 9.17) is 4.74 Å². The second kappa shape index (κ2) is 3.75. The summed E-state index contributed by atoms with van der Waals surface area (Å²) >= 11 is 0. The van der Waals surface area contributed by atoms with Crippen LogP contribution in [0.15, 0.2) is 0 Å². The van der Waals surface area contributed by atoms with Crippen LogP contribution in [-0.4, -0.2) is 23.4 Å². The van der Waals surface area contributed by atoms with Crippen LogP contribution in [0.2, 0.25) is 0 Å². The average Bonchev–Trinajstić information content (AvgIpc) is 1.82. The number of aliphatic hydroxyl groups is 1. The number of aliphatic hydroxyl groups excluding tert-OH is 1. The Morgan fingerprint density at radius 3 is 1.83 bits per heavy atom. The number of hydrogen-bond acceptors (Lipinski definition) is 2. The summed E-state index contributed by atoms with van der Waals surface area (Å²) in [6.07, 6.45) is -0.333. The maximum absolute atomic E-state index is 9.40. The zero-order chi connectivity index (χ0) is 9.99. The van der Waals surface area contributed by atoms with Crippen molar-refractivity contribution in [1.82, 2.24) is 0 Å². The number of rotatable bonds is 3. The topological polar surface area (TPSA) is 29.5 Å².